The monoisotopic (exact) mass is 220 g/mol. The number of phenolic OH excluding ortho intramolecular Hbond substituents is 2. The minimum atomic E-state index is -0.132. The molecule has 0 radical (unpaired) electrons. The fourth-order valence-electron chi connectivity index (χ4n) is 1.13. The lowest BCUT2D eigenvalue weighted by Crippen LogP contribution is -1.88. The van der Waals surface area contributed by atoms with E-state index in [0.717, 1.165) is 12.5 Å². The van der Waals surface area contributed by atoms with Gasteiger partial charge in [-0.3, -0.25) is 0 Å². The summed E-state index contributed by atoms with van der Waals surface area (Å²) in [5, 5.41) is 19.0. The van der Waals surface area contributed by atoms with Gasteiger partial charge >= 0.3 is 0 Å². The predicted octanol–water partition coefficient (Wildman–Crippen LogP) is 3.36. The zero-order valence-corrected chi connectivity index (χ0v) is 8.65. The Balaban J connectivity index is 3.28. The molecule has 0 bridgehead atoms. The summed E-state index contributed by atoms with van der Waals surface area (Å²) in [5.41, 5.74) is 0.600. The first-order valence-electron chi connectivity index (χ1n) is 3.96. The van der Waals surface area contributed by atoms with Crippen LogP contribution < -0.4 is 0 Å². The largest absolute Gasteiger partial charge is 0.506 e. The average molecular weight is 221 g/mol. The number of aromatic hydroxyl groups is 2. The molecule has 13 heavy (non-hydrogen) atoms. The second-order valence-electron chi connectivity index (χ2n) is 2.77. The lowest BCUT2D eigenvalue weighted by Gasteiger charge is -2.08. The molecular formula is C9H10Cl2O2. The third-order valence-electron chi connectivity index (χ3n) is 1.75. The van der Waals surface area contributed by atoms with Crippen LogP contribution in [0.3, 0.4) is 0 Å². The molecule has 4 heteroatoms. The number of phenols is 2. The van der Waals surface area contributed by atoms with Crippen LogP contribution in [0.2, 0.25) is 10.0 Å². The van der Waals surface area contributed by atoms with E-state index in [-0.39, 0.29) is 21.5 Å². The SMILES string of the molecule is CCCc1c(Cl)c(O)cc(O)c1Cl. The molecule has 0 amide bonds. The Morgan fingerprint density at radius 3 is 2.00 bits per heavy atom. The minimum absolute atomic E-state index is 0.132. The van der Waals surface area contributed by atoms with Gasteiger partial charge in [-0.05, 0) is 12.0 Å². The summed E-state index contributed by atoms with van der Waals surface area (Å²) >= 11 is 11.6. The van der Waals surface area contributed by atoms with Gasteiger partial charge in [-0.25, -0.2) is 0 Å². The zero-order valence-electron chi connectivity index (χ0n) is 7.14. The molecule has 2 N–H and O–H groups in total. The Morgan fingerprint density at radius 2 is 1.62 bits per heavy atom. The van der Waals surface area contributed by atoms with Crippen molar-refractivity contribution >= 4 is 23.2 Å². The minimum Gasteiger partial charge on any atom is -0.506 e. The van der Waals surface area contributed by atoms with E-state index in [1.54, 1.807) is 0 Å². The van der Waals surface area contributed by atoms with E-state index in [1.165, 1.54) is 0 Å². The molecule has 0 saturated carbocycles. The maximum absolute atomic E-state index is 9.28. The predicted molar refractivity (Wildman–Crippen MR) is 53.8 cm³/mol. The van der Waals surface area contributed by atoms with Crippen LogP contribution in [0.15, 0.2) is 6.07 Å². The topological polar surface area (TPSA) is 40.5 Å². The van der Waals surface area contributed by atoms with Crippen molar-refractivity contribution in [2.24, 2.45) is 0 Å². The Hall–Kier alpha value is -0.600. The standard InChI is InChI=1S/C9H10Cl2O2/c1-2-3-5-8(10)6(12)4-7(13)9(5)11/h4,12-13H,2-3H2,1H3. The second-order valence-corrected chi connectivity index (χ2v) is 3.53. The van der Waals surface area contributed by atoms with Crippen molar-refractivity contribution in [3.8, 4) is 11.5 Å². The van der Waals surface area contributed by atoms with Crippen LogP contribution in [-0.2, 0) is 6.42 Å². The second kappa shape index (κ2) is 4.07. The summed E-state index contributed by atoms with van der Waals surface area (Å²) in [6, 6.07) is 1.14. The van der Waals surface area contributed by atoms with Crippen molar-refractivity contribution in [2.75, 3.05) is 0 Å². The number of hydrogen-bond donors (Lipinski definition) is 2. The summed E-state index contributed by atoms with van der Waals surface area (Å²) in [6.07, 6.45) is 1.49. The third-order valence-corrected chi connectivity index (χ3v) is 2.60. The van der Waals surface area contributed by atoms with Gasteiger partial charge in [0.2, 0.25) is 0 Å². The van der Waals surface area contributed by atoms with E-state index in [4.69, 9.17) is 23.2 Å². The van der Waals surface area contributed by atoms with Gasteiger partial charge in [0.15, 0.2) is 0 Å². The molecule has 0 spiro atoms. The van der Waals surface area contributed by atoms with Gasteiger partial charge in [-0.2, -0.15) is 0 Å². The highest BCUT2D eigenvalue weighted by Gasteiger charge is 2.13. The van der Waals surface area contributed by atoms with Crippen molar-refractivity contribution in [1.82, 2.24) is 0 Å². The van der Waals surface area contributed by atoms with E-state index >= 15 is 0 Å². The van der Waals surface area contributed by atoms with Crippen molar-refractivity contribution in [2.45, 2.75) is 19.8 Å². The third kappa shape index (κ3) is 2.01. The lowest BCUT2D eigenvalue weighted by molar-refractivity contribution is 0.449. The van der Waals surface area contributed by atoms with E-state index in [2.05, 4.69) is 0 Å². The fraction of sp³-hybridized carbons (Fsp3) is 0.333. The van der Waals surface area contributed by atoms with Crippen molar-refractivity contribution in [3.05, 3.63) is 21.7 Å². The number of rotatable bonds is 2. The Labute approximate surface area is 86.7 Å². The Morgan fingerprint density at radius 1 is 1.15 bits per heavy atom. The molecule has 0 aromatic heterocycles. The summed E-state index contributed by atoms with van der Waals surface area (Å²) in [6.45, 7) is 1.97. The molecule has 1 aromatic rings. The molecule has 1 rings (SSSR count). The van der Waals surface area contributed by atoms with Gasteiger partial charge in [0.05, 0.1) is 10.0 Å². The lowest BCUT2D eigenvalue weighted by atomic mass is 10.1. The summed E-state index contributed by atoms with van der Waals surface area (Å²) in [7, 11) is 0. The maximum atomic E-state index is 9.28. The highest BCUT2D eigenvalue weighted by Crippen LogP contribution is 2.39. The van der Waals surface area contributed by atoms with Crippen molar-refractivity contribution in [3.63, 3.8) is 0 Å². The molecule has 0 saturated heterocycles. The van der Waals surface area contributed by atoms with E-state index in [9.17, 15) is 10.2 Å². The number of benzene rings is 1. The van der Waals surface area contributed by atoms with Crippen LogP contribution in [-0.4, -0.2) is 10.2 Å². The van der Waals surface area contributed by atoms with E-state index < -0.39 is 0 Å². The molecule has 2 nitrogen and oxygen atoms in total. The summed E-state index contributed by atoms with van der Waals surface area (Å²) < 4.78 is 0. The van der Waals surface area contributed by atoms with Gasteiger partial charge in [0.25, 0.3) is 0 Å². The molecule has 1 aromatic carbocycles. The van der Waals surface area contributed by atoms with Crippen LogP contribution in [0, 0.1) is 0 Å². The summed E-state index contributed by atoms with van der Waals surface area (Å²) in [5.74, 6) is -0.265. The van der Waals surface area contributed by atoms with Gasteiger partial charge in [-0.15, -0.1) is 0 Å². The molecule has 0 aliphatic heterocycles. The first kappa shape index (κ1) is 10.5. The van der Waals surface area contributed by atoms with Gasteiger partial charge in [-0.1, -0.05) is 36.5 Å². The van der Waals surface area contributed by atoms with Crippen LogP contribution in [0.5, 0.6) is 11.5 Å². The fourth-order valence-corrected chi connectivity index (χ4v) is 1.67. The van der Waals surface area contributed by atoms with Gasteiger partial charge < -0.3 is 10.2 Å². The van der Waals surface area contributed by atoms with Crippen LogP contribution >= 0.6 is 23.2 Å². The molecule has 0 aliphatic carbocycles. The molecule has 0 atom stereocenters. The molecular weight excluding hydrogens is 211 g/mol. The Kier molecular flexibility index (Phi) is 3.28. The Bertz CT molecular complexity index is 298. The quantitative estimate of drug-likeness (QED) is 0.803. The first-order chi connectivity index (χ1) is 6.07. The molecule has 0 aliphatic rings. The first-order valence-corrected chi connectivity index (χ1v) is 4.72. The highest BCUT2D eigenvalue weighted by atomic mass is 35.5. The zero-order chi connectivity index (χ0) is 10.0. The molecule has 72 valence electrons. The summed E-state index contributed by atoms with van der Waals surface area (Å²) in [4.78, 5) is 0. The van der Waals surface area contributed by atoms with Crippen LogP contribution in [0.25, 0.3) is 0 Å². The number of hydrogen-bond acceptors (Lipinski definition) is 2. The molecule has 0 fully saturated rings. The number of halogens is 2. The highest BCUT2D eigenvalue weighted by molar-refractivity contribution is 6.37. The van der Waals surface area contributed by atoms with Crippen LogP contribution in [0.4, 0.5) is 0 Å². The van der Waals surface area contributed by atoms with E-state index in [0.29, 0.717) is 12.0 Å². The van der Waals surface area contributed by atoms with E-state index in [1.807, 2.05) is 6.92 Å². The van der Waals surface area contributed by atoms with Crippen LogP contribution in [0.1, 0.15) is 18.9 Å². The average Bonchev–Trinajstić information content (AvgIpc) is 2.09. The van der Waals surface area contributed by atoms with Gasteiger partial charge in [0, 0.05) is 6.07 Å². The smallest absolute Gasteiger partial charge is 0.138 e. The van der Waals surface area contributed by atoms with Gasteiger partial charge in [0.1, 0.15) is 11.5 Å². The normalized spacial score (nSPS) is 10.4. The molecule has 0 heterocycles. The maximum Gasteiger partial charge on any atom is 0.138 e. The van der Waals surface area contributed by atoms with Crippen molar-refractivity contribution < 1.29 is 10.2 Å². The van der Waals surface area contributed by atoms with Crippen molar-refractivity contribution in [1.29, 1.82) is 0 Å². The molecule has 0 unspecified atom stereocenters.